The topological polar surface area (TPSA) is 50.7 Å². The van der Waals surface area contributed by atoms with Crippen molar-refractivity contribution >= 4 is 23.6 Å². The molecule has 0 atom stereocenters. The van der Waals surface area contributed by atoms with Gasteiger partial charge in [-0.15, -0.1) is 11.3 Å². The molecule has 0 radical (unpaired) electrons. The maximum atomic E-state index is 11.0. The minimum Gasteiger partial charge on any atom is -0.325 e. The number of thiazole rings is 1. The summed E-state index contributed by atoms with van der Waals surface area (Å²) < 4.78 is 2.30. The van der Waals surface area contributed by atoms with Crippen LogP contribution in [0.3, 0.4) is 0 Å². The lowest BCUT2D eigenvalue weighted by molar-refractivity contribution is 0.660. The first kappa shape index (κ1) is 11.2. The Morgan fingerprint density at radius 1 is 1.62 bits per heavy atom. The van der Waals surface area contributed by atoms with Crippen LogP contribution in [0.25, 0.3) is 0 Å². The number of aromatic nitrogens is 3. The third kappa shape index (κ3) is 2.65. The molecule has 1 N–H and O–H groups in total. The average Bonchev–Trinajstić information content (AvgIpc) is 2.63. The Balaban J connectivity index is 2.10. The van der Waals surface area contributed by atoms with E-state index in [1.54, 1.807) is 17.5 Å². The second-order valence-corrected chi connectivity index (χ2v) is 4.77. The van der Waals surface area contributed by atoms with Crippen molar-refractivity contribution in [1.82, 2.24) is 14.5 Å². The summed E-state index contributed by atoms with van der Waals surface area (Å²) in [6.07, 6.45) is 2.54. The number of hydrogen-bond acceptors (Lipinski definition) is 4. The molecule has 84 valence electrons. The van der Waals surface area contributed by atoms with Crippen molar-refractivity contribution in [2.24, 2.45) is 0 Å². The number of rotatable bonds is 3. The highest BCUT2D eigenvalue weighted by Gasteiger charge is 1.99. The molecular weight excluding hydrogens is 242 g/mol. The van der Waals surface area contributed by atoms with Crippen LogP contribution in [0.15, 0.2) is 22.4 Å². The molecule has 0 aliphatic heterocycles. The van der Waals surface area contributed by atoms with E-state index in [4.69, 9.17) is 12.2 Å². The molecule has 0 bridgehead atoms. The number of aromatic amines is 1. The zero-order valence-electron chi connectivity index (χ0n) is 8.77. The third-order valence-corrected chi connectivity index (χ3v) is 3.49. The fourth-order valence-corrected chi connectivity index (χ4v) is 2.37. The Hall–Kier alpha value is -1.27. The van der Waals surface area contributed by atoms with Crippen LogP contribution < -0.4 is 5.56 Å². The molecular formula is C10H11N3OS2. The first-order valence-electron chi connectivity index (χ1n) is 4.86. The van der Waals surface area contributed by atoms with Crippen LogP contribution in [0.1, 0.15) is 10.7 Å². The van der Waals surface area contributed by atoms with E-state index < -0.39 is 0 Å². The summed E-state index contributed by atoms with van der Waals surface area (Å²) in [4.78, 5) is 17.9. The van der Waals surface area contributed by atoms with Crippen molar-refractivity contribution in [3.63, 3.8) is 0 Å². The van der Waals surface area contributed by atoms with E-state index in [1.807, 2.05) is 16.9 Å². The molecule has 2 rings (SSSR count). The predicted octanol–water partition coefficient (Wildman–Crippen LogP) is 1.91. The molecule has 2 aromatic heterocycles. The molecule has 6 heteroatoms. The van der Waals surface area contributed by atoms with Gasteiger partial charge in [-0.3, -0.25) is 9.78 Å². The number of hydrogen-bond donors (Lipinski definition) is 1. The largest absolute Gasteiger partial charge is 0.325 e. The monoisotopic (exact) mass is 253 g/mol. The molecule has 2 heterocycles. The van der Waals surface area contributed by atoms with Gasteiger partial charge in [-0.05, 0) is 19.1 Å². The van der Waals surface area contributed by atoms with E-state index >= 15 is 0 Å². The average molecular weight is 253 g/mol. The fraction of sp³-hybridized carbons (Fsp3) is 0.300. The second kappa shape index (κ2) is 4.71. The standard InChI is InChI=1S/C10H11N3OS2/c1-7-6-16-9(11-7)3-5-13-4-2-8(14)12-10(13)15/h2,4,6H,3,5H2,1H3,(H,12,14,15). The van der Waals surface area contributed by atoms with Gasteiger partial charge in [-0.1, -0.05) is 0 Å². The lowest BCUT2D eigenvalue weighted by atomic mass is 10.4. The van der Waals surface area contributed by atoms with Crippen LogP contribution in [-0.2, 0) is 13.0 Å². The summed E-state index contributed by atoms with van der Waals surface area (Å²) in [5.41, 5.74) is 0.886. The van der Waals surface area contributed by atoms with Gasteiger partial charge < -0.3 is 4.57 Å². The molecule has 2 aromatic rings. The lowest BCUT2D eigenvalue weighted by Crippen LogP contribution is -2.12. The van der Waals surface area contributed by atoms with E-state index in [0.717, 1.165) is 23.7 Å². The molecule has 0 aliphatic rings. The Morgan fingerprint density at radius 3 is 3.06 bits per heavy atom. The number of aryl methyl sites for hydroxylation is 3. The van der Waals surface area contributed by atoms with Gasteiger partial charge in [0.2, 0.25) is 0 Å². The first-order valence-corrected chi connectivity index (χ1v) is 6.15. The normalized spacial score (nSPS) is 10.6. The van der Waals surface area contributed by atoms with Crippen molar-refractivity contribution in [3.8, 4) is 0 Å². The van der Waals surface area contributed by atoms with Crippen molar-refractivity contribution < 1.29 is 0 Å². The molecule has 0 aromatic carbocycles. The number of nitrogens with one attached hydrogen (secondary N) is 1. The van der Waals surface area contributed by atoms with Gasteiger partial charge in [-0.2, -0.15) is 0 Å². The number of nitrogens with zero attached hydrogens (tertiary/aromatic N) is 2. The second-order valence-electron chi connectivity index (χ2n) is 3.44. The highest BCUT2D eigenvalue weighted by atomic mass is 32.1. The van der Waals surface area contributed by atoms with Crippen molar-refractivity contribution in [2.45, 2.75) is 19.9 Å². The first-order chi connectivity index (χ1) is 7.65. The van der Waals surface area contributed by atoms with Crippen LogP contribution in [0.2, 0.25) is 0 Å². The fourth-order valence-electron chi connectivity index (χ4n) is 1.35. The molecule has 0 spiro atoms. The molecule has 0 fully saturated rings. The van der Waals surface area contributed by atoms with Gasteiger partial charge in [0.1, 0.15) is 0 Å². The van der Waals surface area contributed by atoms with Crippen molar-refractivity contribution in [3.05, 3.63) is 43.5 Å². The van der Waals surface area contributed by atoms with Crippen molar-refractivity contribution in [1.29, 1.82) is 0 Å². The molecule has 0 saturated heterocycles. The summed E-state index contributed by atoms with van der Waals surface area (Å²) in [5, 5.41) is 3.12. The molecule has 0 aliphatic carbocycles. The van der Waals surface area contributed by atoms with Crippen LogP contribution in [-0.4, -0.2) is 14.5 Å². The quantitative estimate of drug-likeness (QED) is 0.850. The Morgan fingerprint density at radius 2 is 2.44 bits per heavy atom. The van der Waals surface area contributed by atoms with Gasteiger partial charge in [0.05, 0.1) is 5.01 Å². The molecule has 0 unspecified atom stereocenters. The minimum atomic E-state index is -0.161. The van der Waals surface area contributed by atoms with Gasteiger partial charge in [0, 0.05) is 36.3 Å². The SMILES string of the molecule is Cc1csc(CCn2ccc(=O)[nH]c2=S)n1. The molecule has 16 heavy (non-hydrogen) atoms. The Bertz CT molecular complexity index is 596. The van der Waals surface area contributed by atoms with Gasteiger partial charge >= 0.3 is 0 Å². The van der Waals surface area contributed by atoms with Crippen molar-refractivity contribution in [2.75, 3.05) is 0 Å². The smallest absolute Gasteiger partial charge is 0.251 e. The Kier molecular flexibility index (Phi) is 3.31. The van der Waals surface area contributed by atoms with E-state index in [2.05, 4.69) is 9.97 Å². The molecule has 0 saturated carbocycles. The van der Waals surface area contributed by atoms with Crippen LogP contribution in [0, 0.1) is 11.7 Å². The highest BCUT2D eigenvalue weighted by molar-refractivity contribution is 7.71. The summed E-state index contributed by atoms with van der Waals surface area (Å²) in [7, 11) is 0. The van der Waals surface area contributed by atoms with Gasteiger partial charge in [-0.25, -0.2) is 4.98 Å². The maximum absolute atomic E-state index is 11.0. The van der Waals surface area contributed by atoms with E-state index in [9.17, 15) is 4.79 Å². The summed E-state index contributed by atoms with van der Waals surface area (Å²) in [5.74, 6) is 0. The third-order valence-electron chi connectivity index (χ3n) is 2.13. The van der Waals surface area contributed by atoms with Crippen LogP contribution in [0.4, 0.5) is 0 Å². The summed E-state index contributed by atoms with van der Waals surface area (Å²) in [6.45, 7) is 2.72. The van der Waals surface area contributed by atoms with Crippen LogP contribution in [0.5, 0.6) is 0 Å². The summed E-state index contributed by atoms with van der Waals surface area (Å²) >= 11 is 6.70. The lowest BCUT2D eigenvalue weighted by Gasteiger charge is -2.03. The predicted molar refractivity (Wildman–Crippen MR) is 66.4 cm³/mol. The zero-order chi connectivity index (χ0) is 11.5. The summed E-state index contributed by atoms with van der Waals surface area (Å²) in [6, 6.07) is 1.48. The van der Waals surface area contributed by atoms with Crippen LogP contribution >= 0.6 is 23.6 Å². The zero-order valence-corrected chi connectivity index (χ0v) is 10.4. The highest BCUT2D eigenvalue weighted by Crippen LogP contribution is 2.09. The van der Waals surface area contributed by atoms with E-state index in [1.165, 1.54) is 6.07 Å². The minimum absolute atomic E-state index is 0.161. The molecule has 4 nitrogen and oxygen atoms in total. The number of H-pyrrole nitrogens is 1. The van der Waals surface area contributed by atoms with E-state index in [0.29, 0.717) is 4.77 Å². The van der Waals surface area contributed by atoms with E-state index in [-0.39, 0.29) is 5.56 Å². The van der Waals surface area contributed by atoms with Gasteiger partial charge in [0.25, 0.3) is 5.56 Å². The Labute approximate surface area is 102 Å². The maximum Gasteiger partial charge on any atom is 0.251 e. The molecule has 0 amide bonds. The van der Waals surface area contributed by atoms with Gasteiger partial charge in [0.15, 0.2) is 4.77 Å².